The highest BCUT2D eigenvalue weighted by Crippen LogP contribution is 2.33. The monoisotopic (exact) mass is 437 g/mol. The normalized spacial score (nSPS) is 17.5. The molecule has 0 atom stereocenters. The lowest BCUT2D eigenvalue weighted by molar-refractivity contribution is -0.114. The van der Waals surface area contributed by atoms with Crippen LogP contribution in [-0.4, -0.2) is 31.5 Å². The minimum absolute atomic E-state index is 0.0371. The predicted molar refractivity (Wildman–Crippen MR) is 124 cm³/mol. The van der Waals surface area contributed by atoms with Crippen LogP contribution in [0.4, 0.5) is 4.39 Å². The molecule has 1 aromatic heterocycles. The molecule has 2 aliphatic heterocycles. The van der Waals surface area contributed by atoms with Crippen molar-refractivity contribution in [2.45, 2.75) is 40.5 Å². The number of rotatable bonds is 5. The predicted octanol–water partition coefficient (Wildman–Crippen LogP) is 5.29. The Labute approximate surface area is 185 Å². The summed E-state index contributed by atoms with van der Waals surface area (Å²) in [6.07, 6.45) is 3.59. The van der Waals surface area contributed by atoms with Gasteiger partial charge in [-0.2, -0.15) is 15.1 Å². The van der Waals surface area contributed by atoms with E-state index in [1.54, 1.807) is 18.2 Å². The molecule has 0 bridgehead atoms. The van der Waals surface area contributed by atoms with E-state index in [4.69, 9.17) is 5.41 Å². The summed E-state index contributed by atoms with van der Waals surface area (Å²) in [7, 11) is 0. The second-order valence-corrected chi connectivity index (χ2v) is 8.60. The van der Waals surface area contributed by atoms with E-state index < -0.39 is 5.91 Å². The van der Waals surface area contributed by atoms with E-state index in [1.165, 1.54) is 28.9 Å². The smallest absolute Gasteiger partial charge is 0.283 e. The number of halogens is 1. The number of amidine groups is 2. The Morgan fingerprint density at radius 3 is 2.52 bits per heavy atom. The van der Waals surface area contributed by atoms with Crippen LogP contribution in [0.3, 0.4) is 0 Å². The third-order valence-electron chi connectivity index (χ3n) is 5.66. The fourth-order valence-electron chi connectivity index (χ4n) is 3.89. The minimum Gasteiger partial charge on any atom is -0.318 e. The first-order valence-corrected chi connectivity index (χ1v) is 11.1. The molecule has 0 fully saturated rings. The molecular weight excluding hydrogens is 413 g/mol. The Morgan fingerprint density at radius 2 is 1.87 bits per heavy atom. The third-order valence-corrected chi connectivity index (χ3v) is 6.73. The number of hydrazone groups is 1. The Hall–Kier alpha value is -3.00. The molecule has 0 saturated carbocycles. The molecule has 0 unspecified atom stereocenters. The summed E-state index contributed by atoms with van der Waals surface area (Å²) in [4.78, 5) is 16.9. The highest BCUT2D eigenvalue weighted by molar-refractivity contribution is 8.27. The van der Waals surface area contributed by atoms with Crippen LogP contribution in [0.2, 0.25) is 0 Å². The number of amides is 1. The number of carbonyl (C=O) groups excluding carboxylic acids is 1. The molecule has 6 nitrogen and oxygen atoms in total. The number of nitrogens with one attached hydrogen (secondary N) is 1. The molecule has 1 aromatic carbocycles. The van der Waals surface area contributed by atoms with E-state index in [0.29, 0.717) is 11.1 Å². The summed E-state index contributed by atoms with van der Waals surface area (Å²) in [5.41, 5.74) is 3.69. The van der Waals surface area contributed by atoms with Gasteiger partial charge in [-0.15, -0.1) is 0 Å². The summed E-state index contributed by atoms with van der Waals surface area (Å²) >= 11 is 1.38. The summed E-state index contributed by atoms with van der Waals surface area (Å²) in [5.74, 6) is -0.394. The van der Waals surface area contributed by atoms with E-state index in [0.717, 1.165) is 40.5 Å². The Kier molecular flexibility index (Phi) is 5.66. The van der Waals surface area contributed by atoms with Crippen molar-refractivity contribution in [1.29, 1.82) is 5.41 Å². The zero-order valence-electron chi connectivity index (χ0n) is 17.9. The third kappa shape index (κ3) is 3.76. The summed E-state index contributed by atoms with van der Waals surface area (Å²) in [6.45, 7) is 8.10. The molecule has 3 heterocycles. The van der Waals surface area contributed by atoms with Crippen LogP contribution >= 0.6 is 11.8 Å². The Balaban J connectivity index is 1.70. The van der Waals surface area contributed by atoms with Crippen molar-refractivity contribution >= 4 is 39.8 Å². The average molecular weight is 438 g/mol. The zero-order chi connectivity index (χ0) is 22.3. The van der Waals surface area contributed by atoms with Crippen molar-refractivity contribution in [2.24, 2.45) is 16.0 Å². The second-order valence-electron chi connectivity index (χ2n) is 7.61. The number of thioether (sulfide) groups is 1. The molecule has 1 N–H and O–H groups in total. The number of hydrogen-bond donors (Lipinski definition) is 1. The Bertz CT molecular complexity index is 1160. The van der Waals surface area contributed by atoms with Crippen LogP contribution < -0.4 is 0 Å². The quantitative estimate of drug-likeness (QED) is 0.646. The molecule has 2 aromatic rings. The van der Waals surface area contributed by atoms with E-state index >= 15 is 0 Å². The summed E-state index contributed by atoms with van der Waals surface area (Å²) < 4.78 is 15.3. The molecule has 4 rings (SSSR count). The molecule has 0 spiro atoms. The largest absolute Gasteiger partial charge is 0.318 e. The molecule has 31 heavy (non-hydrogen) atoms. The van der Waals surface area contributed by atoms with Gasteiger partial charge in [0.1, 0.15) is 10.9 Å². The van der Waals surface area contributed by atoms with Gasteiger partial charge >= 0.3 is 0 Å². The van der Waals surface area contributed by atoms with Crippen molar-refractivity contribution < 1.29 is 9.18 Å². The molecule has 2 aliphatic rings. The SMILES string of the molecule is CCC(CC)C1=NN2C(=N)/C(=C/c3cc(C)n(-c4ccc(F)cc4)c3C)C(=O)N=C2S1. The minimum atomic E-state index is -0.434. The van der Waals surface area contributed by atoms with Crippen LogP contribution in [0.25, 0.3) is 11.8 Å². The van der Waals surface area contributed by atoms with Crippen LogP contribution in [0.5, 0.6) is 0 Å². The van der Waals surface area contributed by atoms with E-state index in [-0.39, 0.29) is 17.2 Å². The molecule has 0 aliphatic carbocycles. The van der Waals surface area contributed by atoms with Crippen molar-refractivity contribution in [2.75, 3.05) is 0 Å². The van der Waals surface area contributed by atoms with Gasteiger partial charge in [0.25, 0.3) is 5.91 Å². The maximum Gasteiger partial charge on any atom is 0.283 e. The molecule has 8 heteroatoms. The maximum absolute atomic E-state index is 13.3. The highest BCUT2D eigenvalue weighted by Gasteiger charge is 2.37. The zero-order valence-corrected chi connectivity index (χ0v) is 18.8. The average Bonchev–Trinajstić information content (AvgIpc) is 3.28. The summed E-state index contributed by atoms with van der Waals surface area (Å²) in [5, 5.41) is 16.0. The molecule has 0 saturated heterocycles. The van der Waals surface area contributed by atoms with Crippen LogP contribution in [0.15, 0.2) is 46.0 Å². The maximum atomic E-state index is 13.3. The van der Waals surface area contributed by atoms with Crippen molar-refractivity contribution in [3.8, 4) is 5.69 Å². The number of carbonyl (C=O) groups is 1. The van der Waals surface area contributed by atoms with Gasteiger partial charge in [0, 0.05) is 23.0 Å². The van der Waals surface area contributed by atoms with E-state index in [1.807, 2.05) is 24.5 Å². The first-order chi connectivity index (χ1) is 14.8. The first-order valence-electron chi connectivity index (χ1n) is 10.3. The lowest BCUT2D eigenvalue weighted by atomic mass is 10.1. The fourth-order valence-corrected chi connectivity index (χ4v) is 5.04. The number of fused-ring (bicyclic) bond motifs is 1. The van der Waals surface area contributed by atoms with Gasteiger partial charge in [-0.1, -0.05) is 13.8 Å². The van der Waals surface area contributed by atoms with Crippen LogP contribution in [0.1, 0.15) is 43.6 Å². The molecular formula is C23H24FN5OS. The van der Waals surface area contributed by atoms with Gasteiger partial charge < -0.3 is 4.57 Å². The number of benzene rings is 1. The number of aromatic nitrogens is 1. The highest BCUT2D eigenvalue weighted by atomic mass is 32.2. The van der Waals surface area contributed by atoms with E-state index in [9.17, 15) is 9.18 Å². The molecule has 160 valence electrons. The first kappa shape index (κ1) is 21.2. The van der Waals surface area contributed by atoms with Gasteiger partial charge in [-0.05, 0) is 80.4 Å². The van der Waals surface area contributed by atoms with Crippen LogP contribution in [-0.2, 0) is 4.79 Å². The van der Waals surface area contributed by atoms with Gasteiger partial charge in [0.15, 0.2) is 5.84 Å². The number of nitrogens with zero attached hydrogens (tertiary/aromatic N) is 4. The van der Waals surface area contributed by atoms with Crippen molar-refractivity contribution in [3.05, 3.63) is 58.7 Å². The summed E-state index contributed by atoms with van der Waals surface area (Å²) in [6, 6.07) is 8.22. The van der Waals surface area contributed by atoms with Crippen LogP contribution in [0, 0.1) is 31.0 Å². The number of aliphatic imine (C=N–C) groups is 1. The Morgan fingerprint density at radius 1 is 1.19 bits per heavy atom. The second kappa shape index (κ2) is 8.26. The molecule has 1 amide bonds. The topological polar surface area (TPSA) is 73.8 Å². The standard InChI is InChI=1S/C23H24FN5OS/c1-5-15(6-2)22-27-29-20(25)19(21(30)26-23(29)31-22)12-16-11-13(3)28(14(16)4)18-9-7-17(24)8-10-18/h7-12,15,25H,5-6H2,1-4H3/b19-12-,25-20?. The fraction of sp³-hybridized carbons (Fsp3) is 0.304. The van der Waals surface area contributed by atoms with E-state index in [2.05, 4.69) is 23.9 Å². The number of aryl methyl sites for hydroxylation is 1. The molecule has 0 radical (unpaired) electrons. The lowest BCUT2D eigenvalue weighted by Crippen LogP contribution is -2.35. The van der Waals surface area contributed by atoms with Crippen molar-refractivity contribution in [3.63, 3.8) is 0 Å². The van der Waals surface area contributed by atoms with Gasteiger partial charge in [-0.25, -0.2) is 4.39 Å². The van der Waals surface area contributed by atoms with Gasteiger partial charge in [0.05, 0.1) is 5.57 Å². The van der Waals surface area contributed by atoms with Crippen molar-refractivity contribution in [1.82, 2.24) is 9.58 Å². The number of hydrogen-bond acceptors (Lipinski definition) is 4. The van der Waals surface area contributed by atoms with Gasteiger partial charge in [-0.3, -0.25) is 10.2 Å². The van der Waals surface area contributed by atoms with Gasteiger partial charge in [0.2, 0.25) is 5.17 Å². The lowest BCUT2D eigenvalue weighted by Gasteiger charge is -2.20.